The molecule has 1 fully saturated rings. The second kappa shape index (κ2) is 7.74. The number of carbonyl (C=O) groups is 2. The summed E-state index contributed by atoms with van der Waals surface area (Å²) in [7, 11) is 0. The fourth-order valence-electron chi connectivity index (χ4n) is 2.60. The minimum absolute atomic E-state index is 0.00116. The molecule has 2 aromatic rings. The molecule has 3 rings (SSSR count). The van der Waals surface area contributed by atoms with Gasteiger partial charge in [0.15, 0.2) is 6.61 Å². The predicted molar refractivity (Wildman–Crippen MR) is 91.2 cm³/mol. The molecule has 0 spiro atoms. The number of hydrogen-bond donors (Lipinski definition) is 0. The summed E-state index contributed by atoms with van der Waals surface area (Å²) in [6.07, 6.45) is 4.48. The van der Waals surface area contributed by atoms with Crippen LogP contribution in [0, 0.1) is 6.92 Å². The fourth-order valence-corrected chi connectivity index (χ4v) is 2.60. The third-order valence-electron chi connectivity index (χ3n) is 4.09. The van der Waals surface area contributed by atoms with E-state index in [1.54, 1.807) is 9.80 Å². The maximum atomic E-state index is 12.3. The molecule has 2 amide bonds. The Bertz CT molecular complexity index is 726. The molecule has 0 unspecified atom stereocenters. The molecule has 2 heterocycles. The van der Waals surface area contributed by atoms with Gasteiger partial charge in [0.05, 0.1) is 6.20 Å². The molecule has 1 aromatic carbocycles. The number of nitrogens with zero attached hydrogens (tertiary/aromatic N) is 4. The normalized spacial score (nSPS) is 14.3. The van der Waals surface area contributed by atoms with Crippen LogP contribution in [-0.2, 0) is 4.79 Å². The van der Waals surface area contributed by atoms with Crippen molar-refractivity contribution >= 4 is 11.8 Å². The number of benzene rings is 1. The average molecular weight is 340 g/mol. The third-order valence-corrected chi connectivity index (χ3v) is 4.09. The Kier molecular flexibility index (Phi) is 5.23. The van der Waals surface area contributed by atoms with Crippen LogP contribution in [0.25, 0.3) is 0 Å². The van der Waals surface area contributed by atoms with E-state index >= 15 is 0 Å². The Morgan fingerprint density at radius 1 is 1.04 bits per heavy atom. The molecule has 1 aliphatic heterocycles. The van der Waals surface area contributed by atoms with Crippen molar-refractivity contribution in [2.45, 2.75) is 6.92 Å². The number of carbonyl (C=O) groups excluding carboxylic acids is 2. The number of amides is 2. The summed E-state index contributed by atoms with van der Waals surface area (Å²) >= 11 is 0. The van der Waals surface area contributed by atoms with Gasteiger partial charge in [0.1, 0.15) is 11.4 Å². The number of aromatic nitrogens is 2. The summed E-state index contributed by atoms with van der Waals surface area (Å²) in [5.74, 6) is 0.443. The first-order chi connectivity index (χ1) is 12.1. The van der Waals surface area contributed by atoms with Gasteiger partial charge in [-0.1, -0.05) is 17.7 Å². The molecule has 0 radical (unpaired) electrons. The van der Waals surface area contributed by atoms with Crippen LogP contribution in [0.15, 0.2) is 42.9 Å². The Hall–Kier alpha value is -2.96. The number of ether oxygens (including phenoxy) is 1. The summed E-state index contributed by atoms with van der Waals surface area (Å²) in [5, 5.41) is 0. The molecule has 25 heavy (non-hydrogen) atoms. The van der Waals surface area contributed by atoms with Crippen LogP contribution in [0.4, 0.5) is 0 Å². The molecule has 0 saturated carbocycles. The van der Waals surface area contributed by atoms with Gasteiger partial charge in [-0.3, -0.25) is 14.6 Å². The Balaban J connectivity index is 1.47. The van der Waals surface area contributed by atoms with Crippen LogP contribution in [0.2, 0.25) is 0 Å². The Morgan fingerprint density at radius 2 is 1.72 bits per heavy atom. The standard InChI is InChI=1S/C18H20N4O3/c1-14-2-4-15(5-3-14)25-13-17(23)21-8-10-22(11-9-21)18(24)16-12-19-6-7-20-16/h2-7,12H,8-11,13H2,1H3. The lowest BCUT2D eigenvalue weighted by molar-refractivity contribution is -0.134. The van der Waals surface area contributed by atoms with Crippen LogP contribution >= 0.6 is 0 Å². The predicted octanol–water partition coefficient (Wildman–Crippen LogP) is 1.15. The number of rotatable bonds is 4. The minimum Gasteiger partial charge on any atom is -0.484 e. The molecular weight excluding hydrogens is 320 g/mol. The van der Waals surface area contributed by atoms with Gasteiger partial charge in [0.2, 0.25) is 0 Å². The molecule has 7 nitrogen and oxygen atoms in total. The van der Waals surface area contributed by atoms with Gasteiger partial charge in [-0.25, -0.2) is 4.98 Å². The van der Waals surface area contributed by atoms with E-state index in [0.717, 1.165) is 5.56 Å². The van der Waals surface area contributed by atoms with Crippen molar-refractivity contribution in [3.63, 3.8) is 0 Å². The van der Waals surface area contributed by atoms with Crippen molar-refractivity contribution < 1.29 is 14.3 Å². The maximum Gasteiger partial charge on any atom is 0.274 e. The lowest BCUT2D eigenvalue weighted by Crippen LogP contribution is -2.51. The topological polar surface area (TPSA) is 75.6 Å². The van der Waals surface area contributed by atoms with Gasteiger partial charge in [-0.15, -0.1) is 0 Å². The van der Waals surface area contributed by atoms with Gasteiger partial charge in [-0.05, 0) is 19.1 Å². The fraction of sp³-hybridized carbons (Fsp3) is 0.333. The molecule has 1 aromatic heterocycles. The van der Waals surface area contributed by atoms with E-state index in [2.05, 4.69) is 9.97 Å². The molecular formula is C18H20N4O3. The van der Waals surface area contributed by atoms with Crippen molar-refractivity contribution in [1.29, 1.82) is 0 Å². The van der Waals surface area contributed by atoms with E-state index in [1.165, 1.54) is 18.6 Å². The molecule has 0 atom stereocenters. The van der Waals surface area contributed by atoms with Gasteiger partial charge in [0.25, 0.3) is 11.8 Å². The summed E-state index contributed by atoms with van der Waals surface area (Å²) in [6, 6.07) is 7.58. The van der Waals surface area contributed by atoms with E-state index < -0.39 is 0 Å². The summed E-state index contributed by atoms with van der Waals surface area (Å²) in [6.45, 7) is 3.93. The van der Waals surface area contributed by atoms with Crippen molar-refractivity contribution in [3.8, 4) is 5.75 Å². The quantitative estimate of drug-likeness (QED) is 0.834. The van der Waals surface area contributed by atoms with Crippen molar-refractivity contribution in [2.75, 3.05) is 32.8 Å². The lowest BCUT2D eigenvalue weighted by Gasteiger charge is -2.34. The van der Waals surface area contributed by atoms with E-state index in [0.29, 0.717) is 37.6 Å². The zero-order chi connectivity index (χ0) is 17.6. The molecule has 0 bridgehead atoms. The van der Waals surface area contributed by atoms with Gasteiger partial charge >= 0.3 is 0 Å². The zero-order valence-corrected chi connectivity index (χ0v) is 14.1. The van der Waals surface area contributed by atoms with Crippen molar-refractivity contribution in [2.24, 2.45) is 0 Å². The van der Waals surface area contributed by atoms with Gasteiger partial charge < -0.3 is 14.5 Å². The highest BCUT2D eigenvalue weighted by Crippen LogP contribution is 2.12. The summed E-state index contributed by atoms with van der Waals surface area (Å²) in [5.41, 5.74) is 1.47. The molecule has 1 saturated heterocycles. The third kappa shape index (κ3) is 4.32. The first-order valence-electron chi connectivity index (χ1n) is 8.16. The molecule has 0 aliphatic carbocycles. The van der Waals surface area contributed by atoms with Crippen molar-refractivity contribution in [1.82, 2.24) is 19.8 Å². The number of aryl methyl sites for hydroxylation is 1. The SMILES string of the molecule is Cc1ccc(OCC(=O)N2CCN(C(=O)c3cnccn3)CC2)cc1. The van der Waals surface area contributed by atoms with E-state index in [4.69, 9.17) is 4.74 Å². The van der Waals surface area contributed by atoms with Crippen LogP contribution in [0.1, 0.15) is 16.1 Å². The second-order valence-electron chi connectivity index (χ2n) is 5.87. The highest BCUT2D eigenvalue weighted by molar-refractivity contribution is 5.92. The first kappa shape index (κ1) is 16.9. The largest absolute Gasteiger partial charge is 0.484 e. The summed E-state index contributed by atoms with van der Waals surface area (Å²) < 4.78 is 5.53. The van der Waals surface area contributed by atoms with Crippen LogP contribution in [-0.4, -0.2) is 64.4 Å². The van der Waals surface area contributed by atoms with E-state index in [-0.39, 0.29) is 18.4 Å². The smallest absolute Gasteiger partial charge is 0.274 e. The van der Waals surface area contributed by atoms with E-state index in [1.807, 2.05) is 31.2 Å². The molecule has 130 valence electrons. The van der Waals surface area contributed by atoms with Gasteiger partial charge in [-0.2, -0.15) is 0 Å². The Labute approximate surface area is 146 Å². The van der Waals surface area contributed by atoms with Crippen LogP contribution in [0.5, 0.6) is 5.75 Å². The number of hydrogen-bond acceptors (Lipinski definition) is 5. The number of piperazine rings is 1. The molecule has 1 aliphatic rings. The maximum absolute atomic E-state index is 12.3. The average Bonchev–Trinajstić information content (AvgIpc) is 2.67. The highest BCUT2D eigenvalue weighted by atomic mass is 16.5. The Morgan fingerprint density at radius 3 is 2.36 bits per heavy atom. The minimum atomic E-state index is -0.156. The first-order valence-corrected chi connectivity index (χ1v) is 8.16. The monoisotopic (exact) mass is 340 g/mol. The summed E-state index contributed by atoms with van der Waals surface area (Å²) in [4.78, 5) is 35.9. The molecule has 0 N–H and O–H groups in total. The van der Waals surface area contributed by atoms with Crippen molar-refractivity contribution in [3.05, 3.63) is 54.1 Å². The molecule has 7 heteroatoms. The lowest BCUT2D eigenvalue weighted by atomic mass is 10.2. The van der Waals surface area contributed by atoms with Crippen LogP contribution < -0.4 is 4.74 Å². The zero-order valence-electron chi connectivity index (χ0n) is 14.1. The second-order valence-corrected chi connectivity index (χ2v) is 5.87. The van der Waals surface area contributed by atoms with Gasteiger partial charge in [0, 0.05) is 38.6 Å². The highest BCUT2D eigenvalue weighted by Gasteiger charge is 2.25. The van der Waals surface area contributed by atoms with E-state index in [9.17, 15) is 9.59 Å². The van der Waals surface area contributed by atoms with Crippen LogP contribution in [0.3, 0.4) is 0 Å².